The Morgan fingerprint density at radius 3 is 3.04 bits per heavy atom. The Morgan fingerprint density at radius 1 is 1.35 bits per heavy atom. The fraction of sp³-hybridized carbons (Fsp3) is 0.632. The average molecular weight is 358 g/mol. The molecule has 0 amide bonds. The van der Waals surface area contributed by atoms with Gasteiger partial charge in [0.1, 0.15) is 5.82 Å². The van der Waals surface area contributed by atoms with Gasteiger partial charge in [-0.3, -0.25) is 9.39 Å². The second kappa shape index (κ2) is 8.49. The SMILES string of the molecule is CCNC(=NCC1(C)CCCCC1O)NCCc1nnc2ccccn12. The molecular formula is C19H30N6O. The third-order valence-electron chi connectivity index (χ3n) is 5.25. The van der Waals surface area contributed by atoms with Gasteiger partial charge in [0.25, 0.3) is 0 Å². The molecule has 0 saturated heterocycles. The number of aliphatic hydroxyl groups is 1. The maximum atomic E-state index is 10.3. The highest BCUT2D eigenvalue weighted by Crippen LogP contribution is 2.36. The number of nitrogens with one attached hydrogen (secondary N) is 2. The van der Waals surface area contributed by atoms with Gasteiger partial charge in [-0.2, -0.15) is 0 Å². The number of aliphatic hydroxyl groups excluding tert-OH is 1. The van der Waals surface area contributed by atoms with Gasteiger partial charge < -0.3 is 15.7 Å². The minimum atomic E-state index is -0.259. The van der Waals surface area contributed by atoms with E-state index in [2.05, 4.69) is 34.7 Å². The molecule has 0 radical (unpaired) electrons. The summed E-state index contributed by atoms with van der Waals surface area (Å²) in [6, 6.07) is 5.89. The van der Waals surface area contributed by atoms with Gasteiger partial charge in [0.05, 0.1) is 12.6 Å². The summed E-state index contributed by atoms with van der Waals surface area (Å²) in [6.07, 6.45) is 6.69. The van der Waals surface area contributed by atoms with Crippen LogP contribution in [0.1, 0.15) is 45.4 Å². The molecule has 7 heteroatoms. The molecule has 0 aromatic carbocycles. The van der Waals surface area contributed by atoms with E-state index in [9.17, 15) is 5.11 Å². The summed E-state index contributed by atoms with van der Waals surface area (Å²) in [6.45, 7) is 6.36. The second-order valence-corrected chi connectivity index (χ2v) is 7.33. The smallest absolute Gasteiger partial charge is 0.191 e. The topological polar surface area (TPSA) is 86.8 Å². The van der Waals surface area contributed by atoms with Crippen molar-refractivity contribution in [2.75, 3.05) is 19.6 Å². The fourth-order valence-corrected chi connectivity index (χ4v) is 3.52. The molecule has 2 heterocycles. The van der Waals surface area contributed by atoms with E-state index < -0.39 is 0 Å². The molecule has 2 aromatic rings. The van der Waals surface area contributed by atoms with Crippen molar-refractivity contribution >= 4 is 11.6 Å². The highest BCUT2D eigenvalue weighted by Gasteiger charge is 2.35. The first-order chi connectivity index (χ1) is 12.6. The van der Waals surface area contributed by atoms with Gasteiger partial charge in [-0.25, -0.2) is 0 Å². The van der Waals surface area contributed by atoms with Gasteiger partial charge in [-0.1, -0.05) is 25.8 Å². The molecule has 3 N–H and O–H groups in total. The molecule has 0 bridgehead atoms. The number of nitrogens with zero attached hydrogens (tertiary/aromatic N) is 4. The van der Waals surface area contributed by atoms with Gasteiger partial charge in [-0.05, 0) is 31.9 Å². The van der Waals surface area contributed by atoms with E-state index in [1.54, 1.807) is 0 Å². The molecule has 1 saturated carbocycles. The van der Waals surface area contributed by atoms with E-state index in [4.69, 9.17) is 4.99 Å². The predicted molar refractivity (Wildman–Crippen MR) is 103 cm³/mol. The average Bonchev–Trinajstić information content (AvgIpc) is 3.06. The van der Waals surface area contributed by atoms with Crippen LogP contribution in [-0.2, 0) is 6.42 Å². The molecule has 2 aromatic heterocycles. The van der Waals surface area contributed by atoms with Crippen LogP contribution < -0.4 is 10.6 Å². The lowest BCUT2D eigenvalue weighted by Crippen LogP contribution is -2.42. The minimum absolute atomic E-state index is 0.121. The van der Waals surface area contributed by atoms with E-state index >= 15 is 0 Å². The van der Waals surface area contributed by atoms with Crippen LogP contribution in [0.3, 0.4) is 0 Å². The summed E-state index contributed by atoms with van der Waals surface area (Å²) in [5.41, 5.74) is 0.742. The monoisotopic (exact) mass is 358 g/mol. The highest BCUT2D eigenvalue weighted by molar-refractivity contribution is 5.79. The van der Waals surface area contributed by atoms with Crippen molar-refractivity contribution in [3.63, 3.8) is 0 Å². The molecule has 1 aliphatic carbocycles. The van der Waals surface area contributed by atoms with E-state index in [0.29, 0.717) is 6.54 Å². The third kappa shape index (κ3) is 4.33. The van der Waals surface area contributed by atoms with Gasteiger partial charge in [0, 0.05) is 31.1 Å². The van der Waals surface area contributed by atoms with Gasteiger partial charge >= 0.3 is 0 Å². The molecule has 142 valence electrons. The molecule has 26 heavy (non-hydrogen) atoms. The Kier molecular flexibility index (Phi) is 6.08. The number of fused-ring (bicyclic) bond motifs is 1. The molecule has 7 nitrogen and oxygen atoms in total. The Hall–Kier alpha value is -2.15. The van der Waals surface area contributed by atoms with Crippen molar-refractivity contribution in [2.45, 2.75) is 52.1 Å². The summed E-state index contributed by atoms with van der Waals surface area (Å²) in [4.78, 5) is 4.73. The van der Waals surface area contributed by atoms with Gasteiger partial charge in [0.15, 0.2) is 11.6 Å². The first kappa shape index (κ1) is 18.6. The number of guanidine groups is 1. The van der Waals surface area contributed by atoms with Crippen LogP contribution in [0.2, 0.25) is 0 Å². The molecule has 2 unspecified atom stereocenters. The van der Waals surface area contributed by atoms with Crippen molar-refractivity contribution in [1.82, 2.24) is 25.2 Å². The van der Waals surface area contributed by atoms with Gasteiger partial charge in [-0.15, -0.1) is 10.2 Å². The summed E-state index contributed by atoms with van der Waals surface area (Å²) in [5.74, 6) is 1.72. The van der Waals surface area contributed by atoms with E-state index in [1.807, 2.05) is 28.8 Å². The van der Waals surface area contributed by atoms with Gasteiger partial charge in [0.2, 0.25) is 0 Å². The maximum absolute atomic E-state index is 10.3. The minimum Gasteiger partial charge on any atom is -0.392 e. The number of hydrogen-bond donors (Lipinski definition) is 3. The highest BCUT2D eigenvalue weighted by atomic mass is 16.3. The van der Waals surface area contributed by atoms with Crippen LogP contribution >= 0.6 is 0 Å². The summed E-state index contributed by atoms with van der Waals surface area (Å²) >= 11 is 0. The fourth-order valence-electron chi connectivity index (χ4n) is 3.52. The van der Waals surface area contributed by atoms with Crippen molar-refractivity contribution < 1.29 is 5.11 Å². The lowest BCUT2D eigenvalue weighted by Gasteiger charge is -2.37. The van der Waals surface area contributed by atoms with Crippen molar-refractivity contribution in [1.29, 1.82) is 0 Å². The normalized spacial score (nSPS) is 24.0. The van der Waals surface area contributed by atoms with E-state index in [0.717, 1.165) is 56.2 Å². The van der Waals surface area contributed by atoms with Crippen LogP contribution in [0.25, 0.3) is 5.65 Å². The van der Waals surface area contributed by atoms with Crippen LogP contribution in [0.15, 0.2) is 29.4 Å². The summed E-state index contributed by atoms with van der Waals surface area (Å²) in [7, 11) is 0. The molecular weight excluding hydrogens is 328 g/mol. The number of hydrogen-bond acceptors (Lipinski definition) is 4. The Bertz CT molecular complexity index is 742. The zero-order valence-corrected chi connectivity index (χ0v) is 15.8. The van der Waals surface area contributed by atoms with Crippen LogP contribution in [0.5, 0.6) is 0 Å². The maximum Gasteiger partial charge on any atom is 0.191 e. The molecule has 2 atom stereocenters. The Labute approximate surface area is 154 Å². The lowest BCUT2D eigenvalue weighted by molar-refractivity contribution is 0.00716. The number of rotatable bonds is 6. The zero-order chi connectivity index (χ0) is 18.4. The number of pyridine rings is 1. The summed E-state index contributed by atoms with van der Waals surface area (Å²) < 4.78 is 2.01. The quantitative estimate of drug-likeness (QED) is 0.541. The first-order valence-electron chi connectivity index (χ1n) is 9.61. The predicted octanol–water partition coefficient (Wildman–Crippen LogP) is 1.77. The molecule has 1 fully saturated rings. The van der Waals surface area contributed by atoms with E-state index in [-0.39, 0.29) is 11.5 Å². The van der Waals surface area contributed by atoms with Crippen molar-refractivity contribution in [2.24, 2.45) is 10.4 Å². The summed E-state index contributed by atoms with van der Waals surface area (Å²) in [5, 5.41) is 25.4. The number of aromatic nitrogens is 3. The Morgan fingerprint density at radius 2 is 2.23 bits per heavy atom. The first-order valence-corrected chi connectivity index (χ1v) is 9.61. The zero-order valence-electron chi connectivity index (χ0n) is 15.8. The molecule has 0 spiro atoms. The molecule has 3 rings (SSSR count). The van der Waals surface area contributed by atoms with Crippen LogP contribution in [0.4, 0.5) is 0 Å². The van der Waals surface area contributed by atoms with E-state index in [1.165, 1.54) is 6.42 Å². The third-order valence-corrected chi connectivity index (χ3v) is 5.25. The van der Waals surface area contributed by atoms with Crippen molar-refractivity contribution in [3.05, 3.63) is 30.2 Å². The lowest BCUT2D eigenvalue weighted by atomic mass is 9.73. The largest absolute Gasteiger partial charge is 0.392 e. The van der Waals surface area contributed by atoms with Crippen LogP contribution in [0, 0.1) is 5.41 Å². The second-order valence-electron chi connectivity index (χ2n) is 7.33. The Balaban J connectivity index is 1.58. The van der Waals surface area contributed by atoms with Crippen LogP contribution in [-0.4, -0.2) is 51.4 Å². The molecule has 0 aliphatic heterocycles. The standard InChI is InChI=1S/C19H30N6O/c1-3-20-18(22-14-19(2)11-6-4-8-15(19)26)21-12-10-17-24-23-16-9-5-7-13-25(16)17/h5,7,9,13,15,26H,3-4,6,8,10-12,14H2,1-2H3,(H2,20,21,22). The van der Waals surface area contributed by atoms with Crippen molar-refractivity contribution in [3.8, 4) is 0 Å². The molecule has 1 aliphatic rings. The number of aliphatic imine (C=N–C) groups is 1.